The van der Waals surface area contributed by atoms with Gasteiger partial charge < -0.3 is 16.2 Å². The highest BCUT2D eigenvalue weighted by Crippen LogP contribution is 2.45. The summed E-state index contributed by atoms with van der Waals surface area (Å²) in [6.45, 7) is 0.971. The van der Waals surface area contributed by atoms with Crippen LogP contribution in [0.25, 0.3) is 0 Å². The molecule has 0 aromatic carbocycles. The molecule has 1 saturated carbocycles. The summed E-state index contributed by atoms with van der Waals surface area (Å²) in [6.07, 6.45) is 3.86. The molecular formula is C10H14BrN3O. The molecule has 15 heavy (non-hydrogen) atoms. The molecule has 5 heteroatoms. The number of hydrogen-bond donors (Lipinski definition) is 3. The summed E-state index contributed by atoms with van der Waals surface area (Å²) >= 11 is 3.30. The first-order valence-corrected chi connectivity index (χ1v) is 5.70. The zero-order valence-electron chi connectivity index (χ0n) is 8.33. The predicted molar refractivity (Wildman–Crippen MR) is 63.6 cm³/mol. The van der Waals surface area contributed by atoms with Crippen molar-refractivity contribution in [1.82, 2.24) is 4.98 Å². The molecule has 0 radical (unpaired) electrons. The summed E-state index contributed by atoms with van der Waals surface area (Å²) in [5.41, 5.74) is 6.49. The Morgan fingerprint density at radius 3 is 2.87 bits per heavy atom. The quantitative estimate of drug-likeness (QED) is 0.778. The van der Waals surface area contributed by atoms with Gasteiger partial charge >= 0.3 is 0 Å². The van der Waals surface area contributed by atoms with Crippen LogP contribution in [-0.4, -0.2) is 23.2 Å². The van der Waals surface area contributed by atoms with Crippen molar-refractivity contribution in [3.8, 4) is 0 Å². The van der Waals surface area contributed by atoms with E-state index in [1.807, 2.05) is 6.07 Å². The molecule has 1 aliphatic carbocycles. The van der Waals surface area contributed by atoms with Gasteiger partial charge in [-0.2, -0.15) is 0 Å². The second-order valence-corrected chi connectivity index (χ2v) is 5.02. The lowest BCUT2D eigenvalue weighted by atomic mass is 10.1. The van der Waals surface area contributed by atoms with Crippen molar-refractivity contribution in [2.75, 3.05) is 24.2 Å². The van der Waals surface area contributed by atoms with Gasteiger partial charge in [0.2, 0.25) is 0 Å². The maximum Gasteiger partial charge on any atom is 0.149 e. The first-order valence-electron chi connectivity index (χ1n) is 4.91. The molecule has 1 aromatic heterocycles. The summed E-state index contributed by atoms with van der Waals surface area (Å²) in [7, 11) is 0. The minimum Gasteiger partial charge on any atom is -0.396 e. The molecule has 0 spiro atoms. The van der Waals surface area contributed by atoms with E-state index in [-0.39, 0.29) is 12.0 Å². The first kappa shape index (κ1) is 10.7. The number of nitrogens with two attached hydrogens (primary N) is 1. The Balaban J connectivity index is 1.99. The van der Waals surface area contributed by atoms with Crippen molar-refractivity contribution >= 4 is 27.4 Å². The number of hydrogen-bond acceptors (Lipinski definition) is 4. The molecule has 4 nitrogen and oxygen atoms in total. The maximum absolute atomic E-state index is 9.15. The van der Waals surface area contributed by atoms with E-state index in [9.17, 15) is 0 Å². The van der Waals surface area contributed by atoms with Crippen molar-refractivity contribution in [2.24, 2.45) is 5.41 Å². The summed E-state index contributed by atoms with van der Waals surface area (Å²) in [4.78, 5) is 4.18. The second kappa shape index (κ2) is 3.98. The van der Waals surface area contributed by atoms with Crippen LogP contribution >= 0.6 is 15.9 Å². The monoisotopic (exact) mass is 271 g/mol. The molecule has 1 fully saturated rings. The summed E-state index contributed by atoms with van der Waals surface area (Å²) in [6, 6.07) is 1.81. The number of nitrogen functional groups attached to an aromatic ring is 1. The Morgan fingerprint density at radius 2 is 2.33 bits per heavy atom. The third-order valence-electron chi connectivity index (χ3n) is 2.81. The third kappa shape index (κ3) is 2.41. The van der Waals surface area contributed by atoms with Crippen molar-refractivity contribution in [3.63, 3.8) is 0 Å². The maximum atomic E-state index is 9.15. The van der Waals surface area contributed by atoms with Crippen LogP contribution in [0, 0.1) is 5.41 Å². The van der Waals surface area contributed by atoms with Crippen LogP contribution < -0.4 is 11.1 Å². The number of pyridine rings is 1. The highest BCUT2D eigenvalue weighted by atomic mass is 79.9. The van der Waals surface area contributed by atoms with Gasteiger partial charge in [-0.3, -0.25) is 0 Å². The van der Waals surface area contributed by atoms with Crippen molar-refractivity contribution in [3.05, 3.63) is 16.7 Å². The fraction of sp³-hybridized carbons (Fsp3) is 0.500. The van der Waals surface area contributed by atoms with Crippen molar-refractivity contribution < 1.29 is 5.11 Å². The summed E-state index contributed by atoms with van der Waals surface area (Å²) < 4.78 is 0.869. The number of aliphatic hydroxyl groups excluding tert-OH is 1. The van der Waals surface area contributed by atoms with E-state index in [1.54, 1.807) is 6.20 Å². The largest absolute Gasteiger partial charge is 0.396 e. The smallest absolute Gasteiger partial charge is 0.149 e. The molecule has 1 aromatic rings. The van der Waals surface area contributed by atoms with Crippen LogP contribution in [0.1, 0.15) is 12.8 Å². The van der Waals surface area contributed by atoms with E-state index < -0.39 is 0 Å². The van der Waals surface area contributed by atoms with E-state index in [4.69, 9.17) is 10.8 Å². The molecule has 1 heterocycles. The lowest BCUT2D eigenvalue weighted by molar-refractivity contribution is 0.219. The number of aromatic nitrogens is 1. The SMILES string of the molecule is Nc1cc(Br)cnc1NCC1(CO)CC1. The second-order valence-electron chi connectivity index (χ2n) is 4.10. The van der Waals surface area contributed by atoms with E-state index in [0.717, 1.165) is 23.9 Å². The molecule has 4 N–H and O–H groups in total. The molecule has 2 rings (SSSR count). The van der Waals surface area contributed by atoms with Gasteiger partial charge in [-0.15, -0.1) is 0 Å². The molecule has 1 aliphatic rings. The van der Waals surface area contributed by atoms with Crippen LogP contribution in [0.2, 0.25) is 0 Å². The fourth-order valence-corrected chi connectivity index (χ4v) is 1.79. The molecule has 0 unspecified atom stereocenters. The van der Waals surface area contributed by atoms with Gasteiger partial charge in [-0.1, -0.05) is 0 Å². The van der Waals surface area contributed by atoms with Gasteiger partial charge in [0.05, 0.1) is 12.3 Å². The van der Waals surface area contributed by atoms with Gasteiger partial charge in [-0.05, 0) is 34.8 Å². The van der Waals surface area contributed by atoms with Gasteiger partial charge in [0.1, 0.15) is 5.82 Å². The zero-order valence-corrected chi connectivity index (χ0v) is 9.92. The average molecular weight is 272 g/mol. The van der Waals surface area contributed by atoms with Gasteiger partial charge in [0, 0.05) is 22.6 Å². The highest BCUT2D eigenvalue weighted by molar-refractivity contribution is 9.10. The minimum atomic E-state index is 0.0706. The number of halogens is 1. The Hall–Kier alpha value is -0.810. The van der Waals surface area contributed by atoms with Crippen molar-refractivity contribution in [2.45, 2.75) is 12.8 Å². The van der Waals surface area contributed by atoms with Crippen LogP contribution in [0.15, 0.2) is 16.7 Å². The first-order chi connectivity index (χ1) is 7.15. The predicted octanol–water partition coefficient (Wildman–Crippen LogP) is 1.61. The van der Waals surface area contributed by atoms with E-state index in [2.05, 4.69) is 26.2 Å². The Kier molecular flexibility index (Phi) is 2.84. The lowest BCUT2D eigenvalue weighted by Gasteiger charge is -2.14. The van der Waals surface area contributed by atoms with E-state index >= 15 is 0 Å². The Bertz CT molecular complexity index is 366. The number of aliphatic hydroxyl groups is 1. The molecule has 0 saturated heterocycles. The third-order valence-corrected chi connectivity index (χ3v) is 3.24. The summed E-state index contributed by atoms with van der Waals surface area (Å²) in [5, 5.41) is 12.3. The van der Waals surface area contributed by atoms with Crippen LogP contribution in [0.4, 0.5) is 11.5 Å². The van der Waals surface area contributed by atoms with Crippen LogP contribution in [0.5, 0.6) is 0 Å². The molecule has 0 aliphatic heterocycles. The Labute approximate surface area is 97.0 Å². The highest BCUT2D eigenvalue weighted by Gasteiger charge is 2.41. The number of rotatable bonds is 4. The fourth-order valence-electron chi connectivity index (χ4n) is 1.44. The van der Waals surface area contributed by atoms with Crippen LogP contribution in [-0.2, 0) is 0 Å². The molecule has 0 amide bonds. The van der Waals surface area contributed by atoms with Crippen molar-refractivity contribution in [1.29, 1.82) is 0 Å². The van der Waals surface area contributed by atoms with Gasteiger partial charge in [0.15, 0.2) is 0 Å². The number of nitrogens with zero attached hydrogens (tertiary/aromatic N) is 1. The molecule has 0 atom stereocenters. The Morgan fingerprint density at radius 1 is 1.60 bits per heavy atom. The van der Waals surface area contributed by atoms with Gasteiger partial charge in [0.25, 0.3) is 0 Å². The standard InChI is InChI=1S/C10H14BrN3O/c11-7-3-8(12)9(13-4-7)14-5-10(6-15)1-2-10/h3-4,15H,1-2,5-6,12H2,(H,13,14). The average Bonchev–Trinajstić information content (AvgIpc) is 2.97. The van der Waals surface area contributed by atoms with Gasteiger partial charge in [-0.25, -0.2) is 4.98 Å². The number of anilines is 2. The van der Waals surface area contributed by atoms with E-state index in [0.29, 0.717) is 11.5 Å². The lowest BCUT2D eigenvalue weighted by Crippen LogP contribution is -2.20. The topological polar surface area (TPSA) is 71.2 Å². The number of nitrogens with one attached hydrogen (secondary N) is 1. The molecular weight excluding hydrogens is 258 g/mol. The molecule has 0 bridgehead atoms. The van der Waals surface area contributed by atoms with E-state index in [1.165, 1.54) is 0 Å². The summed E-state index contributed by atoms with van der Waals surface area (Å²) in [5.74, 6) is 0.693. The normalized spacial score (nSPS) is 17.5. The molecule has 82 valence electrons. The minimum absolute atomic E-state index is 0.0706. The van der Waals surface area contributed by atoms with Crippen LogP contribution in [0.3, 0.4) is 0 Å². The zero-order chi connectivity index (χ0) is 10.9.